The Hall–Kier alpha value is -2.09. The maximum absolute atomic E-state index is 12.1. The summed E-state index contributed by atoms with van der Waals surface area (Å²) in [6, 6.07) is 16.5. The maximum Gasteiger partial charge on any atom is 0.220 e. The Morgan fingerprint density at radius 3 is 2.48 bits per heavy atom. The number of amides is 1. The molecule has 0 radical (unpaired) electrons. The average molecular weight is 281 g/mol. The van der Waals surface area contributed by atoms with Gasteiger partial charge in [-0.15, -0.1) is 0 Å². The van der Waals surface area contributed by atoms with Crippen LogP contribution < -0.4 is 5.32 Å². The van der Waals surface area contributed by atoms with Crippen LogP contribution in [0.5, 0.6) is 0 Å². The molecule has 0 saturated carbocycles. The van der Waals surface area contributed by atoms with E-state index < -0.39 is 0 Å². The van der Waals surface area contributed by atoms with Crippen molar-refractivity contribution in [2.45, 2.75) is 39.7 Å². The summed E-state index contributed by atoms with van der Waals surface area (Å²) in [7, 11) is 0. The molecule has 0 bridgehead atoms. The van der Waals surface area contributed by atoms with Crippen molar-refractivity contribution < 1.29 is 4.79 Å². The van der Waals surface area contributed by atoms with Gasteiger partial charge in [-0.2, -0.15) is 0 Å². The molecule has 2 nitrogen and oxygen atoms in total. The Morgan fingerprint density at radius 1 is 1.10 bits per heavy atom. The number of benzene rings is 2. The zero-order valence-electron chi connectivity index (χ0n) is 13.0. The normalized spacial score (nSPS) is 12.0. The highest BCUT2D eigenvalue weighted by molar-refractivity contribution is 5.76. The monoisotopic (exact) mass is 281 g/mol. The van der Waals surface area contributed by atoms with Gasteiger partial charge in [0, 0.05) is 6.42 Å². The third-order valence-corrected chi connectivity index (χ3v) is 3.75. The summed E-state index contributed by atoms with van der Waals surface area (Å²) >= 11 is 0. The Kier molecular flexibility index (Phi) is 5.15. The van der Waals surface area contributed by atoms with Crippen molar-refractivity contribution in [2.24, 2.45) is 0 Å². The minimum atomic E-state index is 0.0499. The number of carbonyl (C=O) groups is 1. The van der Waals surface area contributed by atoms with Gasteiger partial charge < -0.3 is 5.32 Å². The predicted octanol–water partition coefficient (Wildman–Crippen LogP) is 4.11. The van der Waals surface area contributed by atoms with Gasteiger partial charge in [0.1, 0.15) is 0 Å². The Labute approximate surface area is 127 Å². The second-order valence-corrected chi connectivity index (χ2v) is 5.63. The first kappa shape index (κ1) is 15.3. The molecule has 2 heteroatoms. The lowest BCUT2D eigenvalue weighted by molar-refractivity contribution is -0.121. The topological polar surface area (TPSA) is 29.1 Å². The highest BCUT2D eigenvalue weighted by Gasteiger charge is 2.11. The van der Waals surface area contributed by atoms with Gasteiger partial charge >= 0.3 is 0 Å². The Bertz CT molecular complexity index is 604. The van der Waals surface area contributed by atoms with Gasteiger partial charge in [0.15, 0.2) is 0 Å². The number of rotatable bonds is 5. The van der Waals surface area contributed by atoms with E-state index in [-0.39, 0.29) is 11.9 Å². The van der Waals surface area contributed by atoms with Crippen molar-refractivity contribution in [3.63, 3.8) is 0 Å². The van der Waals surface area contributed by atoms with Crippen LogP contribution in [0.25, 0.3) is 0 Å². The smallest absolute Gasteiger partial charge is 0.220 e. The van der Waals surface area contributed by atoms with Gasteiger partial charge in [0.05, 0.1) is 6.04 Å². The Morgan fingerprint density at radius 2 is 1.81 bits per heavy atom. The molecule has 0 fully saturated rings. The van der Waals surface area contributed by atoms with E-state index in [4.69, 9.17) is 0 Å². The molecule has 0 heterocycles. The number of nitrogens with one attached hydrogen (secondary N) is 1. The molecule has 1 amide bonds. The van der Waals surface area contributed by atoms with Crippen molar-refractivity contribution in [1.82, 2.24) is 5.32 Å². The molecule has 0 aliphatic carbocycles. The highest BCUT2D eigenvalue weighted by Crippen LogP contribution is 2.18. The third kappa shape index (κ3) is 4.45. The summed E-state index contributed by atoms with van der Waals surface area (Å²) in [4.78, 5) is 12.1. The minimum Gasteiger partial charge on any atom is -0.350 e. The lowest BCUT2D eigenvalue weighted by atomic mass is 10.00. The maximum atomic E-state index is 12.1. The van der Waals surface area contributed by atoms with E-state index in [1.54, 1.807) is 0 Å². The van der Waals surface area contributed by atoms with Crippen molar-refractivity contribution in [3.05, 3.63) is 70.8 Å². The van der Waals surface area contributed by atoms with Crippen molar-refractivity contribution in [1.29, 1.82) is 0 Å². The summed E-state index contributed by atoms with van der Waals surface area (Å²) in [5, 5.41) is 3.09. The molecule has 110 valence electrons. The molecule has 0 saturated heterocycles. The second kappa shape index (κ2) is 7.07. The fraction of sp³-hybridized carbons (Fsp3) is 0.316. The van der Waals surface area contributed by atoms with Gasteiger partial charge in [-0.05, 0) is 43.9 Å². The molecular formula is C19H23NO. The molecule has 21 heavy (non-hydrogen) atoms. The largest absolute Gasteiger partial charge is 0.350 e. The molecule has 0 unspecified atom stereocenters. The number of aryl methyl sites for hydroxylation is 3. The van der Waals surface area contributed by atoms with Crippen LogP contribution in [-0.2, 0) is 11.2 Å². The van der Waals surface area contributed by atoms with E-state index in [0.717, 1.165) is 6.42 Å². The van der Waals surface area contributed by atoms with Crippen LogP contribution >= 0.6 is 0 Å². The molecule has 2 rings (SSSR count). The summed E-state index contributed by atoms with van der Waals surface area (Å²) in [6.45, 7) is 6.22. The lowest BCUT2D eigenvalue weighted by Gasteiger charge is -2.17. The predicted molar refractivity (Wildman–Crippen MR) is 87.2 cm³/mol. The molecule has 0 aliphatic heterocycles. The SMILES string of the molecule is Cc1ccc([C@@H](C)NC(=O)CCc2ccccc2)c(C)c1. The van der Waals surface area contributed by atoms with E-state index in [9.17, 15) is 4.79 Å². The third-order valence-electron chi connectivity index (χ3n) is 3.75. The van der Waals surface area contributed by atoms with E-state index >= 15 is 0 Å². The zero-order valence-corrected chi connectivity index (χ0v) is 13.0. The van der Waals surface area contributed by atoms with Crippen LogP contribution in [0.15, 0.2) is 48.5 Å². The zero-order chi connectivity index (χ0) is 15.2. The van der Waals surface area contributed by atoms with Crippen LogP contribution in [0, 0.1) is 13.8 Å². The van der Waals surface area contributed by atoms with E-state index in [2.05, 4.69) is 49.5 Å². The van der Waals surface area contributed by atoms with Crippen LogP contribution in [0.1, 0.15) is 41.6 Å². The van der Waals surface area contributed by atoms with Crippen LogP contribution in [0.4, 0.5) is 0 Å². The average Bonchev–Trinajstić information content (AvgIpc) is 2.46. The van der Waals surface area contributed by atoms with Gasteiger partial charge in [-0.25, -0.2) is 0 Å². The molecule has 2 aromatic carbocycles. The lowest BCUT2D eigenvalue weighted by Crippen LogP contribution is -2.27. The number of hydrogen-bond donors (Lipinski definition) is 1. The van der Waals surface area contributed by atoms with Crippen molar-refractivity contribution in [2.75, 3.05) is 0 Å². The second-order valence-electron chi connectivity index (χ2n) is 5.63. The van der Waals surface area contributed by atoms with Crippen molar-refractivity contribution in [3.8, 4) is 0 Å². The van der Waals surface area contributed by atoms with Gasteiger partial charge in [0.2, 0.25) is 5.91 Å². The highest BCUT2D eigenvalue weighted by atomic mass is 16.1. The van der Waals surface area contributed by atoms with Gasteiger partial charge in [-0.3, -0.25) is 4.79 Å². The Balaban J connectivity index is 1.90. The molecular weight excluding hydrogens is 258 g/mol. The van der Waals surface area contributed by atoms with Crippen LogP contribution in [-0.4, -0.2) is 5.91 Å². The van der Waals surface area contributed by atoms with Crippen LogP contribution in [0.2, 0.25) is 0 Å². The summed E-state index contributed by atoms with van der Waals surface area (Å²) < 4.78 is 0. The first-order chi connectivity index (χ1) is 10.1. The first-order valence-electron chi connectivity index (χ1n) is 7.46. The van der Waals surface area contributed by atoms with Gasteiger partial charge in [0.25, 0.3) is 0 Å². The van der Waals surface area contributed by atoms with E-state index in [1.807, 2.05) is 25.1 Å². The van der Waals surface area contributed by atoms with Gasteiger partial charge in [-0.1, -0.05) is 54.1 Å². The molecule has 0 aromatic heterocycles. The fourth-order valence-corrected chi connectivity index (χ4v) is 2.61. The fourth-order valence-electron chi connectivity index (χ4n) is 2.61. The molecule has 1 N–H and O–H groups in total. The van der Waals surface area contributed by atoms with Crippen molar-refractivity contribution >= 4 is 5.91 Å². The number of carbonyl (C=O) groups excluding carboxylic acids is 1. The first-order valence-corrected chi connectivity index (χ1v) is 7.46. The number of hydrogen-bond acceptors (Lipinski definition) is 1. The summed E-state index contributed by atoms with van der Waals surface area (Å²) in [5.74, 6) is 0.103. The molecule has 1 atom stereocenters. The standard InChI is InChI=1S/C19H23NO/c1-14-9-11-18(15(2)13-14)16(3)20-19(21)12-10-17-7-5-4-6-8-17/h4-9,11,13,16H,10,12H2,1-3H3,(H,20,21)/t16-/m1/s1. The van der Waals surface area contributed by atoms with E-state index in [0.29, 0.717) is 6.42 Å². The minimum absolute atomic E-state index is 0.0499. The van der Waals surface area contributed by atoms with E-state index in [1.165, 1.54) is 22.3 Å². The summed E-state index contributed by atoms with van der Waals surface area (Å²) in [6.07, 6.45) is 1.31. The summed E-state index contributed by atoms with van der Waals surface area (Å²) in [5.41, 5.74) is 4.87. The van der Waals surface area contributed by atoms with Crippen LogP contribution in [0.3, 0.4) is 0 Å². The molecule has 0 spiro atoms. The molecule has 0 aliphatic rings. The quantitative estimate of drug-likeness (QED) is 0.878. The molecule has 2 aromatic rings.